The summed E-state index contributed by atoms with van der Waals surface area (Å²) in [5.41, 5.74) is 2.35. The Morgan fingerprint density at radius 3 is 2.52 bits per heavy atom. The summed E-state index contributed by atoms with van der Waals surface area (Å²) in [5.74, 6) is 0.691. The fourth-order valence-corrected chi connectivity index (χ4v) is 3.36. The van der Waals surface area contributed by atoms with Gasteiger partial charge in [-0.1, -0.05) is 47.5 Å². The molecule has 0 N–H and O–H groups in total. The van der Waals surface area contributed by atoms with Crippen LogP contribution in [0.25, 0.3) is 6.08 Å². The van der Waals surface area contributed by atoms with Crippen LogP contribution in [0.15, 0.2) is 77.4 Å². The number of rotatable bonds is 6. The summed E-state index contributed by atoms with van der Waals surface area (Å²) in [7, 11) is 1.55. The molecular weight excluding hydrogens is 437 g/mol. The van der Waals surface area contributed by atoms with Crippen molar-refractivity contribution in [1.82, 2.24) is 0 Å². The van der Waals surface area contributed by atoms with Gasteiger partial charge in [0.05, 0.1) is 7.11 Å². The van der Waals surface area contributed by atoms with Crippen LogP contribution < -0.4 is 9.47 Å². The van der Waals surface area contributed by atoms with Gasteiger partial charge in [0.15, 0.2) is 17.2 Å². The van der Waals surface area contributed by atoms with E-state index < -0.39 is 5.97 Å². The molecule has 5 nitrogen and oxygen atoms in total. The number of carbonyl (C=O) groups excluding carboxylic acids is 1. The lowest BCUT2D eigenvalue weighted by Crippen LogP contribution is -2.05. The molecule has 0 radical (unpaired) electrons. The number of nitrogens with zero attached hydrogens (tertiary/aromatic N) is 1. The molecule has 1 aliphatic rings. The van der Waals surface area contributed by atoms with Crippen molar-refractivity contribution in [3.05, 3.63) is 99.2 Å². The first kappa shape index (κ1) is 21.0. The van der Waals surface area contributed by atoms with Gasteiger partial charge in [-0.05, 0) is 54.1 Å². The molecule has 1 heterocycles. The van der Waals surface area contributed by atoms with Gasteiger partial charge in [-0.2, -0.15) is 0 Å². The lowest BCUT2D eigenvalue weighted by atomic mass is 10.1. The van der Waals surface area contributed by atoms with Crippen molar-refractivity contribution in [2.24, 2.45) is 4.99 Å². The van der Waals surface area contributed by atoms with Crippen LogP contribution >= 0.6 is 23.2 Å². The van der Waals surface area contributed by atoms with Gasteiger partial charge < -0.3 is 14.2 Å². The molecule has 0 fully saturated rings. The second-order valence-electron chi connectivity index (χ2n) is 6.64. The van der Waals surface area contributed by atoms with Crippen molar-refractivity contribution in [3.8, 4) is 11.5 Å². The molecular formula is C24H17Cl2NO4. The highest BCUT2D eigenvalue weighted by molar-refractivity contribution is 6.31. The van der Waals surface area contributed by atoms with Crippen LogP contribution in [0.2, 0.25) is 10.0 Å². The number of cyclic esters (lactones) is 1. The smallest absolute Gasteiger partial charge is 0.363 e. The van der Waals surface area contributed by atoms with Gasteiger partial charge in [0.2, 0.25) is 5.90 Å². The molecule has 31 heavy (non-hydrogen) atoms. The fourth-order valence-electron chi connectivity index (χ4n) is 3.02. The minimum absolute atomic E-state index is 0.158. The lowest BCUT2D eigenvalue weighted by Gasteiger charge is -2.13. The zero-order valence-corrected chi connectivity index (χ0v) is 18.0. The van der Waals surface area contributed by atoms with Crippen LogP contribution in [-0.4, -0.2) is 19.0 Å². The predicted octanol–water partition coefficient (Wildman–Crippen LogP) is 5.93. The number of aliphatic imine (C=N–C) groups is 1. The van der Waals surface area contributed by atoms with Gasteiger partial charge in [-0.15, -0.1) is 0 Å². The number of benzene rings is 3. The number of ether oxygens (including phenoxy) is 3. The Bertz CT molecular complexity index is 1190. The summed E-state index contributed by atoms with van der Waals surface area (Å²) in [4.78, 5) is 16.7. The summed E-state index contributed by atoms with van der Waals surface area (Å²) in [5, 5.41) is 1.21. The molecule has 0 saturated carbocycles. The largest absolute Gasteiger partial charge is 0.493 e. The van der Waals surface area contributed by atoms with Crippen molar-refractivity contribution in [2.45, 2.75) is 6.61 Å². The second-order valence-corrected chi connectivity index (χ2v) is 7.51. The Labute approximate surface area is 189 Å². The van der Waals surface area contributed by atoms with Crippen molar-refractivity contribution in [2.75, 3.05) is 7.11 Å². The first-order valence-electron chi connectivity index (χ1n) is 9.36. The molecule has 156 valence electrons. The van der Waals surface area contributed by atoms with E-state index in [0.29, 0.717) is 32.7 Å². The number of para-hydroxylation sites is 1. The minimum Gasteiger partial charge on any atom is -0.493 e. The molecule has 1 aliphatic heterocycles. The molecule has 0 bridgehead atoms. The van der Waals surface area contributed by atoms with Crippen LogP contribution in [0.3, 0.4) is 0 Å². The van der Waals surface area contributed by atoms with E-state index >= 15 is 0 Å². The molecule has 3 aromatic rings. The third-order valence-corrected chi connectivity index (χ3v) is 4.99. The van der Waals surface area contributed by atoms with Crippen molar-refractivity contribution < 1.29 is 19.0 Å². The van der Waals surface area contributed by atoms with Gasteiger partial charge in [0.1, 0.15) is 6.61 Å². The third kappa shape index (κ3) is 4.90. The van der Waals surface area contributed by atoms with Crippen LogP contribution in [0.1, 0.15) is 16.7 Å². The molecule has 4 rings (SSSR count). The number of carbonyl (C=O) groups is 1. The van der Waals surface area contributed by atoms with Crippen LogP contribution in [0.5, 0.6) is 11.5 Å². The van der Waals surface area contributed by atoms with E-state index in [1.165, 1.54) is 0 Å². The summed E-state index contributed by atoms with van der Waals surface area (Å²) < 4.78 is 16.8. The number of hydrogen-bond acceptors (Lipinski definition) is 5. The maximum Gasteiger partial charge on any atom is 0.363 e. The number of esters is 1. The summed E-state index contributed by atoms with van der Waals surface area (Å²) >= 11 is 12.0. The Balaban J connectivity index is 1.65. The van der Waals surface area contributed by atoms with Crippen molar-refractivity contribution in [3.63, 3.8) is 0 Å². The van der Waals surface area contributed by atoms with Crippen LogP contribution in [0, 0.1) is 0 Å². The molecule has 0 spiro atoms. The molecule has 0 saturated heterocycles. The van der Waals surface area contributed by atoms with E-state index in [1.807, 2.05) is 30.3 Å². The Morgan fingerprint density at radius 2 is 1.77 bits per heavy atom. The quantitative estimate of drug-likeness (QED) is 0.343. The maximum absolute atomic E-state index is 12.4. The van der Waals surface area contributed by atoms with E-state index in [-0.39, 0.29) is 18.2 Å². The van der Waals surface area contributed by atoms with Gasteiger partial charge in [-0.3, -0.25) is 0 Å². The molecule has 7 heteroatoms. The van der Waals surface area contributed by atoms with E-state index in [1.54, 1.807) is 49.6 Å². The zero-order chi connectivity index (χ0) is 21.8. The first-order valence-corrected chi connectivity index (χ1v) is 10.1. The van der Waals surface area contributed by atoms with Gasteiger partial charge >= 0.3 is 5.97 Å². The van der Waals surface area contributed by atoms with Crippen LogP contribution in [0.4, 0.5) is 0 Å². The average Bonchev–Trinajstić information content (AvgIpc) is 3.13. The third-order valence-electron chi connectivity index (χ3n) is 4.51. The highest BCUT2D eigenvalue weighted by atomic mass is 35.5. The zero-order valence-electron chi connectivity index (χ0n) is 16.5. The Morgan fingerprint density at radius 1 is 1.00 bits per heavy atom. The molecule has 0 unspecified atom stereocenters. The predicted molar refractivity (Wildman–Crippen MR) is 121 cm³/mol. The van der Waals surface area contributed by atoms with E-state index in [0.717, 1.165) is 5.56 Å². The molecule has 3 aromatic carbocycles. The fraction of sp³-hybridized carbons (Fsp3) is 0.0833. The van der Waals surface area contributed by atoms with E-state index in [2.05, 4.69) is 4.99 Å². The summed E-state index contributed by atoms with van der Waals surface area (Å²) in [6.45, 7) is 0.279. The van der Waals surface area contributed by atoms with Gasteiger partial charge in [0, 0.05) is 21.2 Å². The topological polar surface area (TPSA) is 57.1 Å². The Hall–Kier alpha value is -3.28. The average molecular weight is 454 g/mol. The summed E-state index contributed by atoms with van der Waals surface area (Å²) in [6.07, 6.45) is 1.61. The van der Waals surface area contributed by atoms with Crippen molar-refractivity contribution >= 4 is 41.1 Å². The minimum atomic E-state index is -0.548. The number of halogens is 2. The molecule has 0 atom stereocenters. The van der Waals surface area contributed by atoms with Gasteiger partial charge in [0.25, 0.3) is 0 Å². The van der Waals surface area contributed by atoms with E-state index in [9.17, 15) is 4.79 Å². The lowest BCUT2D eigenvalue weighted by molar-refractivity contribution is -0.129. The molecule has 0 amide bonds. The standard InChI is InChI=1S/C24H17Cl2NO4/c1-29-21-7-3-5-17(22(21)30-14-15-4-2-6-19(26)12-15)13-20-24(28)31-23(27-20)16-8-10-18(25)11-9-16/h2-13H,14H2,1H3. The van der Waals surface area contributed by atoms with Crippen molar-refractivity contribution in [1.29, 1.82) is 0 Å². The highest BCUT2D eigenvalue weighted by Gasteiger charge is 2.25. The SMILES string of the molecule is COc1cccc(C=C2N=C(c3ccc(Cl)cc3)OC2=O)c1OCc1cccc(Cl)c1. The first-order chi connectivity index (χ1) is 15.0. The van der Waals surface area contributed by atoms with Gasteiger partial charge in [-0.25, -0.2) is 9.79 Å². The monoisotopic (exact) mass is 453 g/mol. The normalized spacial score (nSPS) is 14.4. The van der Waals surface area contributed by atoms with Crippen LogP contribution in [-0.2, 0) is 16.1 Å². The highest BCUT2D eigenvalue weighted by Crippen LogP contribution is 2.34. The number of methoxy groups -OCH3 is 1. The maximum atomic E-state index is 12.4. The molecule has 0 aromatic heterocycles. The Kier molecular flexibility index (Phi) is 6.26. The molecule has 0 aliphatic carbocycles. The number of hydrogen-bond donors (Lipinski definition) is 0. The summed E-state index contributed by atoms with van der Waals surface area (Å²) in [6, 6.07) is 19.7. The second kappa shape index (κ2) is 9.25. The van der Waals surface area contributed by atoms with E-state index in [4.69, 9.17) is 37.4 Å².